The molecule has 1 unspecified atom stereocenters. The Labute approximate surface area is 156 Å². The Morgan fingerprint density at radius 3 is 2.70 bits per heavy atom. The highest BCUT2D eigenvalue weighted by Gasteiger charge is 2.14. The van der Waals surface area contributed by atoms with E-state index in [1.165, 1.54) is 24.3 Å². The van der Waals surface area contributed by atoms with E-state index in [9.17, 15) is 14.3 Å². The largest absolute Gasteiger partial charge is 0.491 e. The number of halogens is 1. The summed E-state index contributed by atoms with van der Waals surface area (Å²) in [6.45, 7) is 3.49. The molecule has 0 aliphatic heterocycles. The minimum atomic E-state index is -0.734. The second-order valence-electron chi connectivity index (χ2n) is 6.28. The van der Waals surface area contributed by atoms with Crippen LogP contribution >= 0.6 is 0 Å². The molecule has 0 radical (unpaired) electrons. The molecule has 0 spiro atoms. The number of ether oxygens (including phenoxy) is 1. The number of H-pyrrole nitrogens is 1. The van der Waals surface area contributed by atoms with Gasteiger partial charge in [-0.3, -0.25) is 9.69 Å². The van der Waals surface area contributed by atoms with Gasteiger partial charge in [0.1, 0.15) is 30.1 Å². The molecule has 2 aromatic carbocycles. The lowest BCUT2D eigenvalue weighted by molar-refractivity contribution is 0.0666. The number of aliphatic hydroxyl groups is 1. The molecular weight excluding hydrogens is 349 g/mol. The van der Waals surface area contributed by atoms with Crippen molar-refractivity contribution < 1.29 is 14.2 Å². The summed E-state index contributed by atoms with van der Waals surface area (Å²) in [5, 5.41) is 10.8. The number of nitrogens with zero attached hydrogens (tertiary/aromatic N) is 2. The number of fused-ring (bicyclic) bond motifs is 1. The number of likely N-dealkylation sites (N-methyl/N-ethyl adjacent to an activating group) is 1. The number of aliphatic hydroxyl groups excluding tert-OH is 1. The van der Waals surface area contributed by atoms with E-state index in [-0.39, 0.29) is 18.0 Å². The van der Waals surface area contributed by atoms with E-state index in [0.29, 0.717) is 42.1 Å². The maximum Gasteiger partial charge on any atom is 0.258 e. The fourth-order valence-corrected chi connectivity index (χ4v) is 2.80. The highest BCUT2D eigenvalue weighted by Crippen LogP contribution is 2.12. The molecule has 142 valence electrons. The second kappa shape index (κ2) is 8.75. The van der Waals surface area contributed by atoms with Gasteiger partial charge < -0.3 is 14.8 Å². The maximum absolute atomic E-state index is 12.9. The molecule has 0 amide bonds. The van der Waals surface area contributed by atoms with Crippen LogP contribution in [0.2, 0.25) is 0 Å². The van der Waals surface area contributed by atoms with Crippen molar-refractivity contribution in [2.75, 3.05) is 19.7 Å². The molecule has 0 aliphatic carbocycles. The fraction of sp³-hybridized carbons (Fsp3) is 0.300. The molecule has 2 N–H and O–H groups in total. The molecule has 3 rings (SSSR count). The lowest BCUT2D eigenvalue weighted by Crippen LogP contribution is -2.36. The first-order valence-electron chi connectivity index (χ1n) is 8.82. The molecule has 0 fully saturated rings. The van der Waals surface area contributed by atoms with Crippen LogP contribution < -0.4 is 10.3 Å². The third-order valence-corrected chi connectivity index (χ3v) is 4.21. The van der Waals surface area contributed by atoms with Gasteiger partial charge in [-0.2, -0.15) is 0 Å². The quantitative estimate of drug-likeness (QED) is 0.635. The third-order valence-electron chi connectivity index (χ3n) is 4.21. The minimum absolute atomic E-state index is 0.0871. The summed E-state index contributed by atoms with van der Waals surface area (Å²) in [4.78, 5) is 21.4. The van der Waals surface area contributed by atoms with Crippen LogP contribution in [0.4, 0.5) is 4.39 Å². The molecule has 0 aliphatic rings. The van der Waals surface area contributed by atoms with Gasteiger partial charge in [-0.25, -0.2) is 9.37 Å². The van der Waals surface area contributed by atoms with Gasteiger partial charge in [-0.1, -0.05) is 19.1 Å². The van der Waals surface area contributed by atoms with Crippen molar-refractivity contribution in [1.29, 1.82) is 0 Å². The van der Waals surface area contributed by atoms with Crippen LogP contribution in [0.15, 0.2) is 53.3 Å². The molecule has 7 heteroatoms. The average molecular weight is 371 g/mol. The summed E-state index contributed by atoms with van der Waals surface area (Å²) in [6, 6.07) is 12.8. The molecule has 6 nitrogen and oxygen atoms in total. The van der Waals surface area contributed by atoms with Crippen LogP contribution in [-0.2, 0) is 6.54 Å². The number of para-hydroxylation sites is 1. The van der Waals surface area contributed by atoms with E-state index in [0.717, 1.165) is 0 Å². The summed E-state index contributed by atoms with van der Waals surface area (Å²) < 4.78 is 18.4. The van der Waals surface area contributed by atoms with Crippen LogP contribution in [0, 0.1) is 5.82 Å². The van der Waals surface area contributed by atoms with Crippen molar-refractivity contribution in [3.8, 4) is 5.75 Å². The Bertz CT molecular complexity index is 943. The van der Waals surface area contributed by atoms with Crippen molar-refractivity contribution in [2.45, 2.75) is 19.6 Å². The number of benzene rings is 2. The Morgan fingerprint density at radius 1 is 1.22 bits per heavy atom. The van der Waals surface area contributed by atoms with Crippen molar-refractivity contribution in [2.24, 2.45) is 0 Å². The number of nitrogens with one attached hydrogen (secondary N) is 1. The molecular formula is C20H22FN3O3. The first-order chi connectivity index (χ1) is 13.0. The van der Waals surface area contributed by atoms with Crippen LogP contribution in [0.1, 0.15) is 12.7 Å². The van der Waals surface area contributed by atoms with E-state index >= 15 is 0 Å². The summed E-state index contributed by atoms with van der Waals surface area (Å²) in [5.41, 5.74) is 0.472. The van der Waals surface area contributed by atoms with Gasteiger partial charge in [0.2, 0.25) is 0 Å². The van der Waals surface area contributed by atoms with Gasteiger partial charge in [-0.15, -0.1) is 0 Å². The predicted octanol–water partition coefficient (Wildman–Crippen LogP) is 2.32. The first kappa shape index (κ1) is 19.0. The van der Waals surface area contributed by atoms with E-state index in [1.54, 1.807) is 18.2 Å². The zero-order valence-electron chi connectivity index (χ0n) is 15.1. The van der Waals surface area contributed by atoms with Crippen molar-refractivity contribution in [3.05, 3.63) is 70.5 Å². The van der Waals surface area contributed by atoms with Crippen molar-refractivity contribution in [1.82, 2.24) is 14.9 Å². The first-order valence-corrected chi connectivity index (χ1v) is 8.82. The Kier molecular flexibility index (Phi) is 6.16. The zero-order chi connectivity index (χ0) is 19.2. The van der Waals surface area contributed by atoms with Crippen molar-refractivity contribution >= 4 is 10.9 Å². The summed E-state index contributed by atoms with van der Waals surface area (Å²) >= 11 is 0. The lowest BCUT2D eigenvalue weighted by Gasteiger charge is -2.23. The van der Waals surface area contributed by atoms with Crippen molar-refractivity contribution in [3.63, 3.8) is 0 Å². The van der Waals surface area contributed by atoms with Gasteiger partial charge >= 0.3 is 0 Å². The number of hydrogen-bond acceptors (Lipinski definition) is 5. The second-order valence-corrected chi connectivity index (χ2v) is 6.28. The molecule has 0 saturated carbocycles. The standard InChI is InChI=1S/C20H22FN3O3/c1-2-24(11-15(25)13-27-16-9-7-14(21)8-10-16)12-19-22-18-6-4-3-5-17(18)20(26)23-19/h3-10,15,25H,2,11-13H2,1H3,(H,22,23,26). The number of rotatable bonds is 8. The third kappa shape index (κ3) is 5.12. The van der Waals surface area contributed by atoms with Crippen LogP contribution in [0.3, 0.4) is 0 Å². The molecule has 1 atom stereocenters. The molecule has 1 heterocycles. The minimum Gasteiger partial charge on any atom is -0.491 e. The predicted molar refractivity (Wildman–Crippen MR) is 101 cm³/mol. The Balaban J connectivity index is 1.60. The lowest BCUT2D eigenvalue weighted by atomic mass is 10.2. The number of aromatic nitrogens is 2. The Hall–Kier alpha value is -2.77. The number of hydrogen-bond donors (Lipinski definition) is 2. The Morgan fingerprint density at radius 2 is 1.96 bits per heavy atom. The van der Waals surface area contributed by atoms with Crippen LogP contribution in [0.25, 0.3) is 10.9 Å². The molecule has 0 saturated heterocycles. The highest BCUT2D eigenvalue weighted by atomic mass is 19.1. The van der Waals surface area contributed by atoms with Gasteiger partial charge in [0, 0.05) is 6.54 Å². The molecule has 3 aromatic rings. The van der Waals surface area contributed by atoms with E-state index in [4.69, 9.17) is 4.74 Å². The molecule has 0 bridgehead atoms. The fourth-order valence-electron chi connectivity index (χ4n) is 2.80. The van der Waals surface area contributed by atoms with Gasteiger partial charge in [-0.05, 0) is 42.9 Å². The molecule has 1 aromatic heterocycles. The summed E-state index contributed by atoms with van der Waals surface area (Å²) in [6.07, 6.45) is -0.734. The highest BCUT2D eigenvalue weighted by molar-refractivity contribution is 5.77. The smallest absolute Gasteiger partial charge is 0.258 e. The van der Waals surface area contributed by atoms with Gasteiger partial charge in [0.25, 0.3) is 5.56 Å². The SMILES string of the molecule is CCN(Cc1nc2ccccc2c(=O)[nH]1)CC(O)COc1ccc(F)cc1. The zero-order valence-corrected chi connectivity index (χ0v) is 15.1. The monoisotopic (exact) mass is 371 g/mol. The van der Waals surface area contributed by atoms with Crippen LogP contribution in [-0.4, -0.2) is 45.8 Å². The summed E-state index contributed by atoms with van der Waals surface area (Å²) in [7, 11) is 0. The average Bonchev–Trinajstić information content (AvgIpc) is 2.67. The van der Waals surface area contributed by atoms with E-state index in [1.807, 2.05) is 17.9 Å². The van der Waals surface area contributed by atoms with Gasteiger partial charge in [0.15, 0.2) is 0 Å². The van der Waals surface area contributed by atoms with E-state index in [2.05, 4.69) is 9.97 Å². The van der Waals surface area contributed by atoms with Crippen LogP contribution in [0.5, 0.6) is 5.75 Å². The van der Waals surface area contributed by atoms with Gasteiger partial charge in [0.05, 0.1) is 17.4 Å². The summed E-state index contributed by atoms with van der Waals surface area (Å²) in [5.74, 6) is 0.711. The number of aromatic amines is 1. The normalized spacial score (nSPS) is 12.4. The molecule has 27 heavy (non-hydrogen) atoms. The topological polar surface area (TPSA) is 78.5 Å². The maximum atomic E-state index is 12.9. The van der Waals surface area contributed by atoms with E-state index < -0.39 is 6.10 Å².